The zero-order valence-corrected chi connectivity index (χ0v) is 7.49. The standard InChI is InChI=1S/C9H15NO2/c1-6(2)12-9(11)7-3-4-8(10)5-7/h3-4,6-8H,5,10H2,1-2H3. The minimum absolute atomic E-state index is 0.0229. The second-order valence-corrected chi connectivity index (χ2v) is 3.38. The van der Waals surface area contributed by atoms with Crippen molar-refractivity contribution >= 4 is 5.97 Å². The molecule has 2 unspecified atom stereocenters. The van der Waals surface area contributed by atoms with Gasteiger partial charge in [-0.25, -0.2) is 0 Å². The third kappa shape index (κ3) is 2.34. The van der Waals surface area contributed by atoms with Crippen LogP contribution in [0.5, 0.6) is 0 Å². The number of carbonyl (C=O) groups excluding carboxylic acids is 1. The molecule has 1 aliphatic carbocycles. The molecule has 2 N–H and O–H groups in total. The van der Waals surface area contributed by atoms with Crippen LogP contribution in [0.3, 0.4) is 0 Å². The lowest BCUT2D eigenvalue weighted by Crippen LogP contribution is -2.22. The van der Waals surface area contributed by atoms with Gasteiger partial charge in [-0.15, -0.1) is 0 Å². The Morgan fingerprint density at radius 1 is 1.58 bits per heavy atom. The van der Waals surface area contributed by atoms with Gasteiger partial charge in [0.2, 0.25) is 0 Å². The highest BCUT2D eigenvalue weighted by atomic mass is 16.5. The van der Waals surface area contributed by atoms with Crippen molar-refractivity contribution in [3.05, 3.63) is 12.2 Å². The van der Waals surface area contributed by atoms with E-state index < -0.39 is 0 Å². The van der Waals surface area contributed by atoms with Crippen molar-refractivity contribution in [2.24, 2.45) is 11.7 Å². The summed E-state index contributed by atoms with van der Waals surface area (Å²) in [6.45, 7) is 3.69. The second-order valence-electron chi connectivity index (χ2n) is 3.38. The van der Waals surface area contributed by atoms with Crippen molar-refractivity contribution in [1.82, 2.24) is 0 Å². The van der Waals surface area contributed by atoms with E-state index in [0.717, 1.165) is 0 Å². The van der Waals surface area contributed by atoms with Gasteiger partial charge in [0.15, 0.2) is 0 Å². The molecular weight excluding hydrogens is 154 g/mol. The summed E-state index contributed by atoms with van der Waals surface area (Å²) in [5.41, 5.74) is 5.60. The number of esters is 1. The Hall–Kier alpha value is -0.830. The Bertz CT molecular complexity index is 199. The highest BCUT2D eigenvalue weighted by Gasteiger charge is 2.24. The van der Waals surface area contributed by atoms with E-state index in [0.29, 0.717) is 6.42 Å². The molecule has 0 amide bonds. The van der Waals surface area contributed by atoms with Crippen LogP contribution in [0.25, 0.3) is 0 Å². The Labute approximate surface area is 72.6 Å². The molecule has 68 valence electrons. The molecule has 0 aromatic rings. The normalized spacial score (nSPS) is 28.0. The maximum absolute atomic E-state index is 11.3. The monoisotopic (exact) mass is 169 g/mol. The number of rotatable bonds is 2. The van der Waals surface area contributed by atoms with Crippen molar-refractivity contribution in [3.8, 4) is 0 Å². The fourth-order valence-corrected chi connectivity index (χ4v) is 1.22. The van der Waals surface area contributed by atoms with Crippen molar-refractivity contribution in [2.75, 3.05) is 0 Å². The third-order valence-corrected chi connectivity index (χ3v) is 1.77. The van der Waals surface area contributed by atoms with E-state index in [1.54, 1.807) is 0 Å². The van der Waals surface area contributed by atoms with Crippen LogP contribution in [-0.2, 0) is 9.53 Å². The predicted molar refractivity (Wildman–Crippen MR) is 46.5 cm³/mol. The van der Waals surface area contributed by atoms with Crippen LogP contribution in [-0.4, -0.2) is 18.1 Å². The van der Waals surface area contributed by atoms with Crippen LogP contribution in [0.4, 0.5) is 0 Å². The summed E-state index contributed by atoms with van der Waals surface area (Å²) in [4.78, 5) is 11.3. The van der Waals surface area contributed by atoms with Crippen LogP contribution in [0.15, 0.2) is 12.2 Å². The van der Waals surface area contributed by atoms with Gasteiger partial charge in [-0.05, 0) is 20.3 Å². The SMILES string of the molecule is CC(C)OC(=O)C1C=CC(N)C1. The summed E-state index contributed by atoms with van der Waals surface area (Å²) in [5.74, 6) is -0.281. The molecule has 12 heavy (non-hydrogen) atoms. The zero-order chi connectivity index (χ0) is 9.14. The predicted octanol–water partition coefficient (Wildman–Crippen LogP) is 0.841. The molecule has 0 radical (unpaired) electrons. The van der Waals surface area contributed by atoms with Crippen LogP contribution in [0.2, 0.25) is 0 Å². The molecule has 0 bridgehead atoms. The van der Waals surface area contributed by atoms with Gasteiger partial charge in [0, 0.05) is 6.04 Å². The summed E-state index contributed by atoms with van der Waals surface area (Å²) in [5, 5.41) is 0. The summed E-state index contributed by atoms with van der Waals surface area (Å²) >= 11 is 0. The minimum atomic E-state index is -0.158. The number of hydrogen-bond acceptors (Lipinski definition) is 3. The van der Waals surface area contributed by atoms with E-state index in [2.05, 4.69) is 0 Å². The lowest BCUT2D eigenvalue weighted by Gasteiger charge is -2.11. The molecule has 1 rings (SSSR count). The first kappa shape index (κ1) is 9.26. The molecule has 2 atom stereocenters. The first-order valence-electron chi connectivity index (χ1n) is 4.24. The van der Waals surface area contributed by atoms with E-state index in [1.807, 2.05) is 26.0 Å². The van der Waals surface area contributed by atoms with E-state index in [1.165, 1.54) is 0 Å². The van der Waals surface area contributed by atoms with Crippen LogP contribution in [0, 0.1) is 5.92 Å². The molecule has 0 aromatic heterocycles. The summed E-state index contributed by atoms with van der Waals surface area (Å²) in [7, 11) is 0. The molecule has 0 spiro atoms. The van der Waals surface area contributed by atoms with Crippen molar-refractivity contribution < 1.29 is 9.53 Å². The largest absolute Gasteiger partial charge is 0.463 e. The molecule has 3 heteroatoms. The van der Waals surface area contributed by atoms with Gasteiger partial charge in [-0.3, -0.25) is 4.79 Å². The van der Waals surface area contributed by atoms with Gasteiger partial charge in [0.25, 0.3) is 0 Å². The molecule has 3 nitrogen and oxygen atoms in total. The van der Waals surface area contributed by atoms with Crippen molar-refractivity contribution in [1.29, 1.82) is 0 Å². The highest BCUT2D eigenvalue weighted by molar-refractivity contribution is 5.75. The number of nitrogens with two attached hydrogens (primary N) is 1. The number of hydrogen-bond donors (Lipinski definition) is 1. The van der Waals surface area contributed by atoms with Crippen LogP contribution >= 0.6 is 0 Å². The first-order chi connectivity index (χ1) is 5.59. The summed E-state index contributed by atoms with van der Waals surface area (Å²) < 4.78 is 5.04. The molecule has 0 aliphatic heterocycles. The fourth-order valence-electron chi connectivity index (χ4n) is 1.22. The van der Waals surface area contributed by atoms with Crippen LogP contribution in [0.1, 0.15) is 20.3 Å². The Kier molecular flexibility index (Phi) is 2.87. The second kappa shape index (κ2) is 3.72. The van der Waals surface area contributed by atoms with Crippen LogP contribution < -0.4 is 5.73 Å². The van der Waals surface area contributed by atoms with Gasteiger partial charge >= 0.3 is 5.97 Å². The maximum Gasteiger partial charge on any atom is 0.313 e. The van der Waals surface area contributed by atoms with Crippen molar-refractivity contribution in [2.45, 2.75) is 32.4 Å². The average Bonchev–Trinajstić information content (AvgIpc) is 2.34. The van der Waals surface area contributed by atoms with E-state index in [9.17, 15) is 4.79 Å². The molecule has 0 aromatic carbocycles. The van der Waals surface area contributed by atoms with E-state index in [4.69, 9.17) is 10.5 Å². The van der Waals surface area contributed by atoms with Gasteiger partial charge in [0.05, 0.1) is 12.0 Å². The fraction of sp³-hybridized carbons (Fsp3) is 0.667. The van der Waals surface area contributed by atoms with Gasteiger partial charge < -0.3 is 10.5 Å². The smallest absolute Gasteiger partial charge is 0.313 e. The first-order valence-corrected chi connectivity index (χ1v) is 4.24. The molecule has 1 aliphatic rings. The summed E-state index contributed by atoms with van der Waals surface area (Å²) in [6, 6.07) is 0.0229. The number of ether oxygens (including phenoxy) is 1. The quantitative estimate of drug-likeness (QED) is 0.492. The number of carbonyl (C=O) groups is 1. The molecule has 0 saturated heterocycles. The molecule has 0 heterocycles. The van der Waals surface area contributed by atoms with Gasteiger partial charge in [-0.1, -0.05) is 12.2 Å². The maximum atomic E-state index is 11.3. The van der Waals surface area contributed by atoms with E-state index in [-0.39, 0.29) is 24.0 Å². The molecular formula is C9H15NO2. The zero-order valence-electron chi connectivity index (χ0n) is 7.49. The highest BCUT2D eigenvalue weighted by Crippen LogP contribution is 2.18. The van der Waals surface area contributed by atoms with Gasteiger partial charge in [-0.2, -0.15) is 0 Å². The lowest BCUT2D eigenvalue weighted by molar-refractivity contribution is -0.150. The Balaban J connectivity index is 2.39. The minimum Gasteiger partial charge on any atom is -0.463 e. The van der Waals surface area contributed by atoms with E-state index >= 15 is 0 Å². The van der Waals surface area contributed by atoms with Gasteiger partial charge in [0.1, 0.15) is 0 Å². The van der Waals surface area contributed by atoms with Crippen molar-refractivity contribution in [3.63, 3.8) is 0 Å². The molecule has 0 saturated carbocycles. The Morgan fingerprint density at radius 2 is 2.25 bits per heavy atom. The summed E-state index contributed by atoms with van der Waals surface area (Å²) in [6.07, 6.45) is 4.33. The molecule has 0 fully saturated rings. The Morgan fingerprint density at radius 3 is 2.67 bits per heavy atom. The third-order valence-electron chi connectivity index (χ3n) is 1.77. The topological polar surface area (TPSA) is 52.3 Å². The lowest BCUT2D eigenvalue weighted by atomic mass is 10.1. The average molecular weight is 169 g/mol.